The molecule has 0 atom stereocenters. The van der Waals surface area contributed by atoms with E-state index < -0.39 is 20.1 Å². The predicted octanol–water partition coefficient (Wildman–Crippen LogP) is 5.59. The number of ether oxygens (including phenoxy) is 1. The van der Waals surface area contributed by atoms with Gasteiger partial charge in [0, 0.05) is 31.2 Å². The van der Waals surface area contributed by atoms with E-state index in [1.54, 1.807) is 35.2 Å². The van der Waals surface area contributed by atoms with Crippen LogP contribution < -0.4 is 0 Å². The van der Waals surface area contributed by atoms with Crippen molar-refractivity contribution in [2.24, 2.45) is 5.92 Å². The van der Waals surface area contributed by atoms with Crippen LogP contribution in [0, 0.1) is 11.7 Å². The number of fused-ring (bicyclic) bond motifs is 1. The summed E-state index contributed by atoms with van der Waals surface area (Å²) in [5.41, 5.74) is 1.80. The van der Waals surface area contributed by atoms with Crippen molar-refractivity contribution in [2.45, 2.75) is 38.9 Å². The summed E-state index contributed by atoms with van der Waals surface area (Å²) in [4.78, 5) is 26.6. The Morgan fingerprint density at radius 3 is 2.52 bits per heavy atom. The number of carbonyl (C=O) groups is 2. The zero-order valence-electron chi connectivity index (χ0n) is 19.8. The Hall–Kier alpha value is -2.77. The fourth-order valence-corrected chi connectivity index (χ4v) is 4.78. The topological polar surface area (TPSA) is 55.8 Å². The van der Waals surface area contributed by atoms with E-state index in [0.29, 0.717) is 42.1 Å². The maximum atomic E-state index is 14.5. The third-order valence-electron chi connectivity index (χ3n) is 6.86. The van der Waals surface area contributed by atoms with Crippen molar-refractivity contribution in [3.05, 3.63) is 70.5 Å². The number of esters is 1. The molecule has 5 nitrogen and oxygen atoms in total. The number of carbonyl (C=O) groups excluding carboxylic acids is 2. The number of halogens is 1. The van der Waals surface area contributed by atoms with E-state index in [2.05, 4.69) is 33.9 Å². The van der Waals surface area contributed by atoms with Crippen molar-refractivity contribution >= 4 is 32.0 Å². The summed E-state index contributed by atoms with van der Waals surface area (Å²) in [6.07, 6.45) is 1.66. The van der Waals surface area contributed by atoms with Gasteiger partial charge >= 0.3 is 5.97 Å². The number of cyclic esters (lactones) is 1. The molecule has 33 heavy (non-hydrogen) atoms. The molecule has 0 aliphatic carbocycles. The molecule has 0 unspecified atom stereocenters. The maximum absolute atomic E-state index is 14.5. The highest BCUT2D eigenvalue weighted by Crippen LogP contribution is 2.37. The molecule has 2 aliphatic heterocycles. The minimum absolute atomic E-state index is 0.0192. The monoisotopic (exact) mass is 467 g/mol. The Labute approximate surface area is 195 Å². The van der Waals surface area contributed by atoms with Gasteiger partial charge in [-0.1, -0.05) is 45.0 Å². The molecule has 1 fully saturated rings. The summed E-state index contributed by atoms with van der Waals surface area (Å²) < 4.78 is 26.1. The zero-order valence-corrected chi connectivity index (χ0v) is 20.8. The average molecular weight is 468 g/mol. The van der Waals surface area contributed by atoms with E-state index in [1.807, 2.05) is 6.07 Å². The number of rotatable bonds is 5. The van der Waals surface area contributed by atoms with Crippen LogP contribution >= 0.6 is 0 Å². The molecule has 2 aromatic rings. The molecule has 1 amide bonds. The molecule has 7 heteroatoms. The van der Waals surface area contributed by atoms with Gasteiger partial charge in [-0.25, -0.2) is 9.18 Å². The summed E-state index contributed by atoms with van der Waals surface area (Å²) in [5.74, 6) is -0.646. The molecule has 0 spiro atoms. The van der Waals surface area contributed by atoms with Crippen LogP contribution in [0.1, 0.15) is 52.6 Å². The molecule has 0 saturated carbocycles. The van der Waals surface area contributed by atoms with E-state index in [-0.39, 0.29) is 22.4 Å². The minimum Gasteiger partial charge on any atom is -0.422 e. The van der Waals surface area contributed by atoms with Crippen LogP contribution in [0.4, 0.5) is 4.39 Å². The molecule has 0 bridgehead atoms. The number of benzene rings is 2. The summed E-state index contributed by atoms with van der Waals surface area (Å²) in [6, 6.07) is 11.5. The second-order valence-corrected chi connectivity index (χ2v) is 15.1. The molecule has 2 heterocycles. The van der Waals surface area contributed by atoms with Crippen LogP contribution in [0.25, 0.3) is 11.8 Å². The lowest BCUT2D eigenvalue weighted by Crippen LogP contribution is -2.53. The van der Waals surface area contributed by atoms with E-state index in [1.165, 1.54) is 12.1 Å². The van der Waals surface area contributed by atoms with Gasteiger partial charge in [0.1, 0.15) is 11.6 Å². The molecule has 2 aliphatic rings. The van der Waals surface area contributed by atoms with Gasteiger partial charge in [-0.15, -0.1) is 0 Å². The van der Waals surface area contributed by atoms with Gasteiger partial charge in [0.15, 0.2) is 8.32 Å². The highest BCUT2D eigenvalue weighted by molar-refractivity contribution is 6.74. The lowest BCUT2D eigenvalue weighted by Gasteiger charge is -2.43. The van der Waals surface area contributed by atoms with E-state index in [0.717, 1.165) is 0 Å². The normalized spacial score (nSPS) is 17.7. The number of amides is 1. The second kappa shape index (κ2) is 8.54. The van der Waals surface area contributed by atoms with Gasteiger partial charge in [0.05, 0.1) is 11.1 Å². The van der Waals surface area contributed by atoms with Gasteiger partial charge in [0.2, 0.25) is 0 Å². The van der Waals surface area contributed by atoms with E-state index >= 15 is 0 Å². The van der Waals surface area contributed by atoms with Crippen molar-refractivity contribution in [1.82, 2.24) is 4.90 Å². The SMILES string of the molecule is CC(C)(C)[Si](C)(C)OCC1CN(C(=O)c2cc(C=C3OC(=O)c4ccccc43)ccc2F)C1. The van der Waals surface area contributed by atoms with E-state index in [9.17, 15) is 14.0 Å². The molecular weight excluding hydrogens is 437 g/mol. The first-order valence-electron chi connectivity index (χ1n) is 11.2. The molecule has 174 valence electrons. The van der Waals surface area contributed by atoms with Crippen molar-refractivity contribution in [1.29, 1.82) is 0 Å². The molecule has 0 N–H and O–H groups in total. The summed E-state index contributed by atoms with van der Waals surface area (Å²) in [6.45, 7) is 12.8. The summed E-state index contributed by atoms with van der Waals surface area (Å²) in [5, 5.41) is 0.137. The first-order valence-corrected chi connectivity index (χ1v) is 14.1. The number of hydrogen-bond donors (Lipinski definition) is 0. The van der Waals surface area contributed by atoms with Crippen molar-refractivity contribution in [3.63, 3.8) is 0 Å². The molecular formula is C26H30FNO4Si. The Bertz CT molecular complexity index is 1130. The molecule has 1 saturated heterocycles. The maximum Gasteiger partial charge on any atom is 0.344 e. The predicted molar refractivity (Wildman–Crippen MR) is 129 cm³/mol. The highest BCUT2D eigenvalue weighted by Gasteiger charge is 2.40. The number of nitrogens with zero attached hydrogens (tertiary/aromatic N) is 1. The summed E-state index contributed by atoms with van der Waals surface area (Å²) in [7, 11) is -1.83. The fourth-order valence-electron chi connectivity index (χ4n) is 3.70. The Balaban J connectivity index is 1.43. The Kier molecular flexibility index (Phi) is 6.05. The molecule has 0 radical (unpaired) electrons. The van der Waals surface area contributed by atoms with E-state index in [4.69, 9.17) is 9.16 Å². The molecule has 4 rings (SSSR count). The van der Waals surface area contributed by atoms with Gasteiger partial charge in [-0.05, 0) is 48.0 Å². The fraction of sp³-hybridized carbons (Fsp3) is 0.385. The standard InChI is InChI=1S/C26H30FNO4Si/c1-26(2,3)33(4,5)31-16-18-14-28(15-18)24(29)21-12-17(10-11-22(21)27)13-23-19-8-6-7-9-20(19)25(30)32-23/h6-13,18H,14-16H2,1-5H3. The van der Waals surface area contributed by atoms with Crippen LogP contribution in [0.15, 0.2) is 42.5 Å². The number of hydrogen-bond acceptors (Lipinski definition) is 4. The lowest BCUT2D eigenvalue weighted by atomic mass is 9.99. The molecule has 2 aromatic carbocycles. The Morgan fingerprint density at radius 2 is 1.85 bits per heavy atom. The van der Waals surface area contributed by atoms with Crippen LogP contribution in [0.3, 0.4) is 0 Å². The van der Waals surface area contributed by atoms with Crippen molar-refractivity contribution < 1.29 is 23.1 Å². The second-order valence-electron chi connectivity index (χ2n) is 10.3. The zero-order chi connectivity index (χ0) is 24.0. The van der Waals surface area contributed by atoms with Crippen LogP contribution in [-0.4, -0.2) is 44.8 Å². The minimum atomic E-state index is -1.83. The average Bonchev–Trinajstić information content (AvgIpc) is 3.03. The number of likely N-dealkylation sites (tertiary alicyclic amines) is 1. The lowest BCUT2D eigenvalue weighted by molar-refractivity contribution is 0.0372. The highest BCUT2D eigenvalue weighted by atomic mass is 28.4. The first-order chi connectivity index (χ1) is 15.5. The van der Waals surface area contributed by atoms with Crippen molar-refractivity contribution in [3.8, 4) is 0 Å². The van der Waals surface area contributed by atoms with Crippen LogP contribution in [-0.2, 0) is 9.16 Å². The summed E-state index contributed by atoms with van der Waals surface area (Å²) >= 11 is 0. The van der Waals surface area contributed by atoms with Gasteiger partial charge < -0.3 is 14.1 Å². The van der Waals surface area contributed by atoms with Crippen LogP contribution in [0.5, 0.6) is 0 Å². The third-order valence-corrected chi connectivity index (χ3v) is 11.4. The van der Waals surface area contributed by atoms with Gasteiger partial charge in [-0.3, -0.25) is 4.79 Å². The van der Waals surface area contributed by atoms with Gasteiger partial charge in [0.25, 0.3) is 5.91 Å². The van der Waals surface area contributed by atoms with Crippen LogP contribution in [0.2, 0.25) is 18.1 Å². The quantitative estimate of drug-likeness (QED) is 0.425. The smallest absolute Gasteiger partial charge is 0.344 e. The first kappa shape index (κ1) is 23.4. The molecule has 0 aromatic heterocycles. The largest absolute Gasteiger partial charge is 0.422 e. The third kappa shape index (κ3) is 4.65. The van der Waals surface area contributed by atoms with Crippen molar-refractivity contribution in [2.75, 3.05) is 19.7 Å². The van der Waals surface area contributed by atoms with Gasteiger partial charge in [-0.2, -0.15) is 0 Å². The Morgan fingerprint density at radius 1 is 1.18 bits per heavy atom.